The molecule has 2 aliphatic rings. The van der Waals surface area contributed by atoms with Crippen molar-refractivity contribution in [3.63, 3.8) is 0 Å². The molecule has 0 atom stereocenters. The second-order valence-corrected chi connectivity index (χ2v) is 5.79. The summed E-state index contributed by atoms with van der Waals surface area (Å²) in [6.07, 6.45) is 6.93. The molecule has 104 valence electrons. The van der Waals surface area contributed by atoms with Gasteiger partial charge < -0.3 is 5.32 Å². The van der Waals surface area contributed by atoms with Gasteiger partial charge in [0.1, 0.15) is 0 Å². The zero-order valence-corrected chi connectivity index (χ0v) is 11.9. The highest BCUT2D eigenvalue weighted by molar-refractivity contribution is 6.34. The highest BCUT2D eigenvalue weighted by atomic mass is 16.2. The van der Waals surface area contributed by atoms with Crippen LogP contribution in [-0.4, -0.2) is 5.91 Å². The van der Waals surface area contributed by atoms with E-state index in [4.69, 9.17) is 0 Å². The zero-order chi connectivity index (χ0) is 14.2. The van der Waals surface area contributed by atoms with Gasteiger partial charge in [0.2, 0.25) is 0 Å². The second-order valence-electron chi connectivity index (χ2n) is 5.79. The third-order valence-corrected chi connectivity index (χ3v) is 4.39. The summed E-state index contributed by atoms with van der Waals surface area (Å²) < 4.78 is 0. The molecule has 2 heteroatoms. The van der Waals surface area contributed by atoms with Gasteiger partial charge in [-0.2, -0.15) is 0 Å². The molecule has 0 saturated carbocycles. The molecule has 0 bridgehead atoms. The van der Waals surface area contributed by atoms with Crippen molar-refractivity contribution in [2.24, 2.45) is 0 Å². The van der Waals surface area contributed by atoms with E-state index in [-0.39, 0.29) is 5.91 Å². The average molecular weight is 275 g/mol. The molecule has 1 heterocycles. The fourth-order valence-electron chi connectivity index (χ4n) is 3.29. The van der Waals surface area contributed by atoms with Crippen LogP contribution in [0.25, 0.3) is 11.6 Å². The van der Waals surface area contributed by atoms with Gasteiger partial charge in [-0.05, 0) is 54.5 Å². The number of nitrogens with one attached hydrogen (secondary N) is 1. The monoisotopic (exact) mass is 275 g/mol. The van der Waals surface area contributed by atoms with E-state index < -0.39 is 0 Å². The van der Waals surface area contributed by atoms with Crippen LogP contribution in [0.1, 0.15) is 35.1 Å². The molecule has 2 aromatic rings. The van der Waals surface area contributed by atoms with Crippen LogP contribution >= 0.6 is 0 Å². The third kappa shape index (κ3) is 2.17. The lowest BCUT2D eigenvalue weighted by Crippen LogP contribution is -2.04. The molecule has 4 rings (SSSR count). The lowest BCUT2D eigenvalue weighted by atomic mass is 9.90. The number of aryl methyl sites for hydroxylation is 2. The first-order chi connectivity index (χ1) is 10.3. The van der Waals surface area contributed by atoms with Crippen LogP contribution in [0.4, 0.5) is 5.69 Å². The third-order valence-electron chi connectivity index (χ3n) is 4.39. The van der Waals surface area contributed by atoms with Gasteiger partial charge in [-0.15, -0.1) is 0 Å². The normalized spacial score (nSPS) is 18.3. The molecule has 1 amide bonds. The fourth-order valence-corrected chi connectivity index (χ4v) is 3.29. The number of hydrogen-bond acceptors (Lipinski definition) is 1. The Kier molecular flexibility index (Phi) is 2.88. The SMILES string of the molecule is O=C1Nc2ccccc2/C1=C/c1ccc2c(c1)CCCC2. The molecule has 1 aliphatic heterocycles. The predicted molar refractivity (Wildman–Crippen MR) is 86.0 cm³/mol. The number of amides is 1. The number of fused-ring (bicyclic) bond motifs is 2. The average Bonchev–Trinajstić information content (AvgIpc) is 2.83. The number of carbonyl (C=O) groups excluding carboxylic acids is 1. The van der Waals surface area contributed by atoms with Crippen molar-refractivity contribution in [2.45, 2.75) is 25.7 Å². The van der Waals surface area contributed by atoms with E-state index in [0.717, 1.165) is 28.8 Å². The van der Waals surface area contributed by atoms with Crippen molar-refractivity contribution in [1.29, 1.82) is 0 Å². The minimum absolute atomic E-state index is 0.00563. The Balaban J connectivity index is 1.76. The maximum Gasteiger partial charge on any atom is 0.256 e. The molecule has 1 aliphatic carbocycles. The largest absolute Gasteiger partial charge is 0.321 e. The number of benzene rings is 2. The van der Waals surface area contributed by atoms with E-state index >= 15 is 0 Å². The molecule has 21 heavy (non-hydrogen) atoms. The highest BCUT2D eigenvalue weighted by Crippen LogP contribution is 2.33. The first-order valence-electron chi connectivity index (χ1n) is 7.55. The van der Waals surface area contributed by atoms with Crippen LogP contribution in [0.2, 0.25) is 0 Å². The van der Waals surface area contributed by atoms with Gasteiger partial charge in [-0.3, -0.25) is 4.79 Å². The van der Waals surface area contributed by atoms with Gasteiger partial charge in [-0.1, -0.05) is 36.4 Å². The lowest BCUT2D eigenvalue weighted by molar-refractivity contribution is -0.110. The maximum absolute atomic E-state index is 12.1. The summed E-state index contributed by atoms with van der Waals surface area (Å²) in [6, 6.07) is 14.5. The maximum atomic E-state index is 12.1. The van der Waals surface area contributed by atoms with Crippen LogP contribution < -0.4 is 5.32 Å². The molecule has 2 aromatic carbocycles. The fraction of sp³-hybridized carbons (Fsp3) is 0.211. The molecule has 0 aromatic heterocycles. The van der Waals surface area contributed by atoms with Crippen molar-refractivity contribution < 1.29 is 4.79 Å². The molecule has 0 spiro atoms. The summed E-state index contributed by atoms with van der Waals surface area (Å²) in [7, 11) is 0. The molecule has 2 nitrogen and oxygen atoms in total. The van der Waals surface area contributed by atoms with E-state index in [2.05, 4.69) is 23.5 Å². The Morgan fingerprint density at radius 1 is 0.952 bits per heavy atom. The topological polar surface area (TPSA) is 29.1 Å². The summed E-state index contributed by atoms with van der Waals surface area (Å²) in [5.74, 6) is -0.00563. The summed E-state index contributed by atoms with van der Waals surface area (Å²) in [4.78, 5) is 12.1. The Bertz CT molecular complexity index is 758. The summed E-state index contributed by atoms with van der Waals surface area (Å²) in [6.45, 7) is 0. The van der Waals surface area contributed by atoms with Gasteiger partial charge >= 0.3 is 0 Å². The van der Waals surface area contributed by atoms with Crippen LogP contribution in [0.15, 0.2) is 42.5 Å². The van der Waals surface area contributed by atoms with E-state index in [1.54, 1.807) is 0 Å². The smallest absolute Gasteiger partial charge is 0.256 e. The standard InChI is InChI=1S/C19H17NO/c21-19-17(16-7-3-4-8-18(16)20-19)12-13-9-10-14-5-1-2-6-15(14)11-13/h3-4,7-12H,1-2,5-6H2,(H,20,21)/b17-12-. The summed E-state index contributed by atoms with van der Waals surface area (Å²) in [5, 5.41) is 2.92. The lowest BCUT2D eigenvalue weighted by Gasteiger charge is -2.15. The zero-order valence-electron chi connectivity index (χ0n) is 11.9. The van der Waals surface area contributed by atoms with Gasteiger partial charge in [0.05, 0.1) is 0 Å². The van der Waals surface area contributed by atoms with Crippen molar-refractivity contribution in [1.82, 2.24) is 0 Å². The van der Waals surface area contributed by atoms with Crippen LogP contribution in [0.3, 0.4) is 0 Å². The van der Waals surface area contributed by atoms with Crippen LogP contribution in [0.5, 0.6) is 0 Å². The Labute approximate surface area is 124 Å². The van der Waals surface area contributed by atoms with E-state index in [1.165, 1.54) is 30.4 Å². The van der Waals surface area contributed by atoms with Crippen LogP contribution in [-0.2, 0) is 17.6 Å². The second kappa shape index (κ2) is 4.88. The van der Waals surface area contributed by atoms with Gasteiger partial charge in [0.15, 0.2) is 0 Å². The van der Waals surface area contributed by atoms with Crippen molar-refractivity contribution >= 4 is 23.2 Å². The minimum atomic E-state index is -0.00563. The molecular formula is C19H17NO. The van der Waals surface area contributed by atoms with Crippen molar-refractivity contribution in [3.05, 3.63) is 64.7 Å². The number of anilines is 1. The number of para-hydroxylation sites is 1. The van der Waals surface area contributed by atoms with Gasteiger partial charge in [0.25, 0.3) is 5.91 Å². The quantitative estimate of drug-likeness (QED) is 0.781. The Morgan fingerprint density at radius 3 is 2.67 bits per heavy atom. The van der Waals surface area contributed by atoms with Crippen LogP contribution in [0, 0.1) is 0 Å². The van der Waals surface area contributed by atoms with E-state index in [0.29, 0.717) is 0 Å². The summed E-state index contributed by atoms with van der Waals surface area (Å²) >= 11 is 0. The first kappa shape index (κ1) is 12.4. The molecule has 0 saturated heterocycles. The molecular weight excluding hydrogens is 258 g/mol. The highest BCUT2D eigenvalue weighted by Gasteiger charge is 2.23. The predicted octanol–water partition coefficient (Wildman–Crippen LogP) is 4.06. The number of carbonyl (C=O) groups is 1. The summed E-state index contributed by atoms with van der Waals surface area (Å²) in [5.41, 5.74) is 6.72. The molecule has 1 N–H and O–H groups in total. The van der Waals surface area contributed by atoms with E-state index in [1.807, 2.05) is 30.3 Å². The Hall–Kier alpha value is -2.35. The Morgan fingerprint density at radius 2 is 1.76 bits per heavy atom. The minimum Gasteiger partial charge on any atom is -0.321 e. The molecule has 0 radical (unpaired) electrons. The molecule has 0 unspecified atom stereocenters. The van der Waals surface area contributed by atoms with Gasteiger partial charge in [-0.25, -0.2) is 0 Å². The van der Waals surface area contributed by atoms with Crippen molar-refractivity contribution in [2.75, 3.05) is 5.32 Å². The van der Waals surface area contributed by atoms with Gasteiger partial charge in [0, 0.05) is 16.8 Å². The number of hydrogen-bond donors (Lipinski definition) is 1. The number of rotatable bonds is 1. The van der Waals surface area contributed by atoms with E-state index in [9.17, 15) is 4.79 Å². The molecule has 0 fully saturated rings. The first-order valence-corrected chi connectivity index (χ1v) is 7.55. The van der Waals surface area contributed by atoms with Crippen molar-refractivity contribution in [3.8, 4) is 0 Å².